The number of benzene rings is 1. The van der Waals surface area contributed by atoms with Crippen LogP contribution in [0.3, 0.4) is 0 Å². The van der Waals surface area contributed by atoms with Crippen molar-refractivity contribution in [1.82, 2.24) is 9.13 Å². The first-order chi connectivity index (χ1) is 14.5. The monoisotopic (exact) mass is 412 g/mol. The number of nitrogens with two attached hydrogens (primary N) is 1. The molecule has 1 aliphatic heterocycles. The van der Waals surface area contributed by atoms with E-state index in [1.807, 2.05) is 13.0 Å². The highest BCUT2D eigenvalue weighted by molar-refractivity contribution is 5.90. The molecule has 0 spiro atoms. The van der Waals surface area contributed by atoms with Gasteiger partial charge in [0.05, 0.1) is 24.8 Å². The number of nitrogens with zero attached hydrogens (tertiary/aromatic N) is 4. The lowest BCUT2D eigenvalue weighted by Crippen LogP contribution is -2.48. The van der Waals surface area contributed by atoms with Crippen molar-refractivity contribution < 1.29 is 9.53 Å². The van der Waals surface area contributed by atoms with Gasteiger partial charge in [-0.3, -0.25) is 14.2 Å². The number of nitrogens with one attached hydrogen (secondary N) is 1. The molecule has 0 bridgehead atoms. The molecule has 1 aliphatic rings. The number of morpholine rings is 1. The Balaban J connectivity index is 1.97. The normalized spacial score (nSPS) is 13.7. The third kappa shape index (κ3) is 4.36. The average Bonchev–Trinajstić information content (AvgIpc) is 2.75. The molecule has 0 radical (unpaired) electrons. The fourth-order valence-electron chi connectivity index (χ4n) is 3.37. The third-order valence-electron chi connectivity index (χ3n) is 4.79. The number of amides is 1. The Morgan fingerprint density at radius 3 is 2.67 bits per heavy atom. The summed E-state index contributed by atoms with van der Waals surface area (Å²) in [5.74, 6) is -0.447. The second-order valence-corrected chi connectivity index (χ2v) is 6.90. The van der Waals surface area contributed by atoms with Gasteiger partial charge in [-0.1, -0.05) is 13.0 Å². The van der Waals surface area contributed by atoms with Crippen molar-refractivity contribution in [3.8, 4) is 6.07 Å². The molecule has 0 atom stereocenters. The van der Waals surface area contributed by atoms with Crippen LogP contribution >= 0.6 is 0 Å². The Bertz CT molecular complexity index is 1090. The average molecular weight is 412 g/mol. The molecule has 2 heterocycles. The predicted octanol–water partition coefficient (Wildman–Crippen LogP) is 0.349. The number of nitrogen functional groups attached to an aromatic ring is 1. The van der Waals surface area contributed by atoms with Gasteiger partial charge in [-0.05, 0) is 24.6 Å². The van der Waals surface area contributed by atoms with Crippen LogP contribution in [0.4, 0.5) is 17.2 Å². The van der Waals surface area contributed by atoms with Gasteiger partial charge in [0.1, 0.15) is 18.1 Å². The molecule has 1 amide bonds. The highest BCUT2D eigenvalue weighted by atomic mass is 16.5. The second-order valence-electron chi connectivity index (χ2n) is 6.90. The van der Waals surface area contributed by atoms with E-state index in [0.717, 1.165) is 4.57 Å². The van der Waals surface area contributed by atoms with Crippen LogP contribution in [0.1, 0.15) is 18.9 Å². The highest BCUT2D eigenvalue weighted by Crippen LogP contribution is 2.18. The van der Waals surface area contributed by atoms with Crippen molar-refractivity contribution in [1.29, 1.82) is 5.26 Å². The van der Waals surface area contributed by atoms with Crippen LogP contribution < -0.4 is 27.2 Å². The van der Waals surface area contributed by atoms with E-state index >= 15 is 0 Å². The van der Waals surface area contributed by atoms with Gasteiger partial charge >= 0.3 is 5.69 Å². The molecule has 0 saturated carbocycles. The van der Waals surface area contributed by atoms with E-state index in [4.69, 9.17) is 15.7 Å². The lowest BCUT2D eigenvalue weighted by molar-refractivity contribution is -0.116. The Morgan fingerprint density at radius 1 is 1.27 bits per heavy atom. The zero-order valence-corrected chi connectivity index (χ0v) is 16.8. The third-order valence-corrected chi connectivity index (χ3v) is 4.79. The molecule has 30 heavy (non-hydrogen) atoms. The zero-order chi connectivity index (χ0) is 21.7. The topological polar surface area (TPSA) is 135 Å². The van der Waals surface area contributed by atoms with Crippen molar-refractivity contribution in [3.63, 3.8) is 0 Å². The maximum Gasteiger partial charge on any atom is 0.333 e. The minimum Gasteiger partial charge on any atom is -0.383 e. The molecule has 1 saturated heterocycles. The molecule has 158 valence electrons. The summed E-state index contributed by atoms with van der Waals surface area (Å²) in [5.41, 5.74) is 5.97. The van der Waals surface area contributed by atoms with Gasteiger partial charge in [0.25, 0.3) is 5.56 Å². The van der Waals surface area contributed by atoms with Gasteiger partial charge in [0.2, 0.25) is 5.91 Å². The van der Waals surface area contributed by atoms with Crippen LogP contribution in [0.5, 0.6) is 0 Å². The Morgan fingerprint density at radius 2 is 2.00 bits per heavy atom. The summed E-state index contributed by atoms with van der Waals surface area (Å²) < 4.78 is 7.57. The molecule has 0 aliphatic carbocycles. The van der Waals surface area contributed by atoms with E-state index in [0.29, 0.717) is 50.5 Å². The fraction of sp³-hybridized carbons (Fsp3) is 0.400. The van der Waals surface area contributed by atoms with Crippen LogP contribution in [-0.2, 0) is 22.6 Å². The standard InChI is InChI=1S/C20H24N6O4/c1-2-6-25-18(22)17(24-7-9-30-10-8-24)19(28)26(20(25)29)13-16(27)23-15-5-3-4-14(11-15)12-21/h3-5,11H,2,6-10,13,22H2,1H3,(H,23,27). The summed E-state index contributed by atoms with van der Waals surface area (Å²) in [6.07, 6.45) is 0.637. The number of anilines is 3. The fourth-order valence-corrected chi connectivity index (χ4v) is 3.37. The summed E-state index contributed by atoms with van der Waals surface area (Å²) in [7, 11) is 0. The predicted molar refractivity (Wildman–Crippen MR) is 112 cm³/mol. The largest absolute Gasteiger partial charge is 0.383 e. The number of rotatable bonds is 6. The van der Waals surface area contributed by atoms with Crippen LogP contribution in [-0.4, -0.2) is 41.3 Å². The molecular weight excluding hydrogens is 388 g/mol. The molecule has 1 aromatic heterocycles. The maximum atomic E-state index is 13.1. The molecule has 1 fully saturated rings. The summed E-state index contributed by atoms with van der Waals surface area (Å²) in [6.45, 7) is 3.59. The first kappa shape index (κ1) is 21.1. The molecule has 3 rings (SSSR count). The zero-order valence-electron chi connectivity index (χ0n) is 16.8. The van der Waals surface area contributed by atoms with E-state index in [2.05, 4.69) is 5.32 Å². The summed E-state index contributed by atoms with van der Waals surface area (Å²) in [5, 5.41) is 11.6. The molecular formula is C20H24N6O4. The molecule has 0 unspecified atom stereocenters. The molecule has 10 nitrogen and oxygen atoms in total. The quantitative estimate of drug-likeness (QED) is 0.699. The summed E-state index contributed by atoms with van der Waals surface area (Å²) in [6, 6.07) is 8.37. The van der Waals surface area contributed by atoms with Crippen LogP contribution in [0.2, 0.25) is 0 Å². The van der Waals surface area contributed by atoms with Crippen molar-refractivity contribution in [2.45, 2.75) is 26.4 Å². The Hall–Kier alpha value is -3.58. The van der Waals surface area contributed by atoms with Gasteiger partial charge < -0.3 is 20.7 Å². The Kier molecular flexibility index (Phi) is 6.54. The smallest absolute Gasteiger partial charge is 0.333 e. The van der Waals surface area contributed by atoms with Crippen LogP contribution in [0.25, 0.3) is 0 Å². The number of hydrogen-bond donors (Lipinski definition) is 2. The minimum atomic E-state index is -0.628. The maximum absolute atomic E-state index is 13.1. The van der Waals surface area contributed by atoms with Crippen molar-refractivity contribution in [2.75, 3.05) is 42.3 Å². The van der Waals surface area contributed by atoms with Crippen molar-refractivity contribution >= 4 is 23.1 Å². The number of aromatic nitrogens is 2. The van der Waals surface area contributed by atoms with Gasteiger partial charge in [0, 0.05) is 25.3 Å². The number of carbonyl (C=O) groups is 1. The molecule has 2 aromatic rings. The number of ether oxygens (including phenoxy) is 1. The SMILES string of the molecule is CCCn1c(N)c(N2CCOCC2)c(=O)n(CC(=O)Nc2cccc(C#N)c2)c1=O. The minimum absolute atomic E-state index is 0.104. The van der Waals surface area contributed by atoms with E-state index in [1.54, 1.807) is 23.1 Å². The lowest BCUT2D eigenvalue weighted by Gasteiger charge is -2.30. The van der Waals surface area contributed by atoms with Gasteiger partial charge in [0.15, 0.2) is 0 Å². The van der Waals surface area contributed by atoms with Crippen LogP contribution in [0, 0.1) is 11.3 Å². The molecule has 10 heteroatoms. The second kappa shape index (κ2) is 9.28. The molecule has 3 N–H and O–H groups in total. The number of carbonyl (C=O) groups excluding carboxylic acids is 1. The highest BCUT2D eigenvalue weighted by Gasteiger charge is 2.24. The van der Waals surface area contributed by atoms with E-state index < -0.39 is 23.7 Å². The Labute approximate surface area is 173 Å². The van der Waals surface area contributed by atoms with Crippen molar-refractivity contribution in [3.05, 3.63) is 50.7 Å². The van der Waals surface area contributed by atoms with Gasteiger partial charge in [-0.15, -0.1) is 0 Å². The van der Waals surface area contributed by atoms with Gasteiger partial charge in [-0.25, -0.2) is 9.36 Å². The first-order valence-corrected chi connectivity index (χ1v) is 9.72. The van der Waals surface area contributed by atoms with E-state index in [1.165, 1.54) is 10.6 Å². The van der Waals surface area contributed by atoms with E-state index in [-0.39, 0.29) is 11.5 Å². The van der Waals surface area contributed by atoms with E-state index in [9.17, 15) is 14.4 Å². The molecule has 1 aromatic carbocycles. The lowest BCUT2D eigenvalue weighted by atomic mass is 10.2. The summed E-state index contributed by atoms with van der Waals surface area (Å²) >= 11 is 0. The first-order valence-electron chi connectivity index (χ1n) is 9.72. The van der Waals surface area contributed by atoms with Crippen molar-refractivity contribution in [2.24, 2.45) is 0 Å². The number of hydrogen-bond acceptors (Lipinski definition) is 7. The van der Waals surface area contributed by atoms with Crippen LogP contribution in [0.15, 0.2) is 33.9 Å². The summed E-state index contributed by atoms with van der Waals surface area (Å²) in [4.78, 5) is 40.4. The number of nitriles is 1. The van der Waals surface area contributed by atoms with Gasteiger partial charge in [-0.2, -0.15) is 5.26 Å².